The van der Waals surface area contributed by atoms with Crippen molar-refractivity contribution >= 4 is 17.3 Å². The molecule has 0 spiro atoms. The number of methoxy groups -OCH3 is 1. The second kappa shape index (κ2) is 6.62. The van der Waals surface area contributed by atoms with Gasteiger partial charge in [-0.3, -0.25) is 0 Å². The summed E-state index contributed by atoms with van der Waals surface area (Å²) in [5.74, 6) is -0.452. The van der Waals surface area contributed by atoms with Gasteiger partial charge in [-0.05, 0) is 25.3 Å². The Morgan fingerprint density at radius 2 is 2.35 bits per heavy atom. The molecule has 0 N–H and O–H groups in total. The van der Waals surface area contributed by atoms with E-state index >= 15 is 0 Å². The number of carbonyl (C=O) groups is 1. The molecule has 1 atom stereocenters. The topological polar surface area (TPSA) is 66.2 Å². The van der Waals surface area contributed by atoms with Gasteiger partial charge in [-0.1, -0.05) is 11.3 Å². The van der Waals surface area contributed by atoms with Gasteiger partial charge < -0.3 is 9.47 Å². The van der Waals surface area contributed by atoms with Gasteiger partial charge in [-0.2, -0.15) is 0 Å². The van der Waals surface area contributed by atoms with Crippen LogP contribution in [0, 0.1) is 0 Å². The summed E-state index contributed by atoms with van der Waals surface area (Å²) in [6, 6.07) is 3.85. The number of hydrogen-bond donors (Lipinski definition) is 0. The van der Waals surface area contributed by atoms with E-state index in [4.69, 9.17) is 9.47 Å². The van der Waals surface area contributed by atoms with Crippen LogP contribution < -0.4 is 0 Å². The van der Waals surface area contributed by atoms with Crippen molar-refractivity contribution in [2.75, 3.05) is 13.7 Å². The highest BCUT2D eigenvalue weighted by Crippen LogP contribution is 2.27. The van der Waals surface area contributed by atoms with E-state index in [0.717, 1.165) is 4.88 Å². The van der Waals surface area contributed by atoms with E-state index < -0.39 is 5.97 Å². The lowest BCUT2D eigenvalue weighted by Crippen LogP contribution is -2.17. The van der Waals surface area contributed by atoms with Crippen LogP contribution in [0.2, 0.25) is 0 Å². The smallest absolute Gasteiger partial charge is 0.361 e. The summed E-state index contributed by atoms with van der Waals surface area (Å²) in [4.78, 5) is 12.9. The van der Waals surface area contributed by atoms with E-state index in [1.54, 1.807) is 18.7 Å². The molecule has 20 heavy (non-hydrogen) atoms. The van der Waals surface area contributed by atoms with Gasteiger partial charge in [-0.15, -0.1) is 16.4 Å². The molecule has 0 fully saturated rings. The van der Waals surface area contributed by atoms with Crippen LogP contribution in [0.5, 0.6) is 0 Å². The molecule has 2 aromatic rings. The number of aromatic nitrogens is 3. The van der Waals surface area contributed by atoms with Crippen LogP contribution in [0.15, 0.2) is 17.5 Å². The van der Waals surface area contributed by atoms with Gasteiger partial charge in [0.25, 0.3) is 0 Å². The van der Waals surface area contributed by atoms with Crippen molar-refractivity contribution in [3.8, 4) is 10.6 Å². The second-order valence-corrected chi connectivity index (χ2v) is 5.16. The fourth-order valence-corrected chi connectivity index (χ4v) is 2.53. The van der Waals surface area contributed by atoms with Crippen molar-refractivity contribution in [2.45, 2.75) is 26.5 Å². The number of rotatable bonds is 6. The molecule has 0 saturated heterocycles. The van der Waals surface area contributed by atoms with Gasteiger partial charge in [0.15, 0.2) is 5.69 Å². The van der Waals surface area contributed by atoms with Crippen molar-refractivity contribution in [1.29, 1.82) is 0 Å². The first-order valence-electron chi connectivity index (χ1n) is 6.34. The zero-order valence-corrected chi connectivity index (χ0v) is 12.5. The second-order valence-electron chi connectivity index (χ2n) is 4.21. The van der Waals surface area contributed by atoms with Crippen molar-refractivity contribution in [2.24, 2.45) is 0 Å². The van der Waals surface area contributed by atoms with Crippen molar-refractivity contribution in [1.82, 2.24) is 15.0 Å². The predicted molar refractivity (Wildman–Crippen MR) is 75.8 cm³/mol. The summed E-state index contributed by atoms with van der Waals surface area (Å²) in [6.45, 7) is 4.53. The summed E-state index contributed by atoms with van der Waals surface area (Å²) >= 11 is 1.53. The molecule has 7 heteroatoms. The number of nitrogens with zero attached hydrogens (tertiary/aromatic N) is 3. The molecular formula is C13H17N3O3S. The van der Waals surface area contributed by atoms with Crippen LogP contribution in [0.25, 0.3) is 10.6 Å². The average molecular weight is 295 g/mol. The molecule has 108 valence electrons. The number of carbonyl (C=O) groups excluding carboxylic acids is 1. The molecule has 0 saturated carbocycles. The molecular weight excluding hydrogens is 278 g/mol. The lowest BCUT2D eigenvalue weighted by Gasteiger charge is -2.11. The average Bonchev–Trinajstić information content (AvgIpc) is 3.07. The molecule has 2 rings (SSSR count). The fraction of sp³-hybridized carbons (Fsp3) is 0.462. The first-order chi connectivity index (χ1) is 9.67. The zero-order chi connectivity index (χ0) is 14.5. The summed E-state index contributed by atoms with van der Waals surface area (Å²) in [6.07, 6.45) is -0.0227. The van der Waals surface area contributed by atoms with E-state index in [-0.39, 0.29) is 11.8 Å². The highest BCUT2D eigenvalue weighted by atomic mass is 32.1. The van der Waals surface area contributed by atoms with Crippen molar-refractivity contribution < 1.29 is 14.3 Å². The van der Waals surface area contributed by atoms with Crippen LogP contribution in [0.1, 0.15) is 24.3 Å². The summed E-state index contributed by atoms with van der Waals surface area (Å²) in [5, 5.41) is 9.97. The molecule has 0 radical (unpaired) electrons. The predicted octanol–water partition coefficient (Wildman–Crippen LogP) is 2.22. The van der Waals surface area contributed by atoms with Gasteiger partial charge in [0, 0.05) is 7.11 Å². The fourth-order valence-electron chi connectivity index (χ4n) is 1.75. The molecule has 2 aromatic heterocycles. The molecule has 1 unspecified atom stereocenters. The molecule has 0 bridgehead atoms. The molecule has 6 nitrogen and oxygen atoms in total. The van der Waals surface area contributed by atoms with Crippen molar-refractivity contribution in [3.63, 3.8) is 0 Å². The van der Waals surface area contributed by atoms with E-state index in [2.05, 4.69) is 10.3 Å². The van der Waals surface area contributed by atoms with E-state index in [1.165, 1.54) is 11.3 Å². The standard InChI is InChI=1S/C13H17N3O3S/c1-4-19-13(17)11-12(10-6-5-7-20-10)16(15-14-11)8-9(2)18-3/h5-7,9H,4,8H2,1-3H3. The SMILES string of the molecule is CCOC(=O)c1nnn(CC(C)OC)c1-c1cccs1. The lowest BCUT2D eigenvalue weighted by molar-refractivity contribution is 0.0520. The Balaban J connectivity index is 2.41. The number of esters is 1. The Labute approximate surface area is 121 Å². The van der Waals surface area contributed by atoms with Crippen LogP contribution in [-0.4, -0.2) is 40.8 Å². The maximum atomic E-state index is 12.0. The molecule has 0 aliphatic carbocycles. The summed E-state index contributed by atoms with van der Waals surface area (Å²) in [7, 11) is 1.64. The quantitative estimate of drug-likeness (QED) is 0.764. The zero-order valence-electron chi connectivity index (χ0n) is 11.7. The third-order valence-corrected chi connectivity index (χ3v) is 3.67. The largest absolute Gasteiger partial charge is 0.461 e. The highest BCUT2D eigenvalue weighted by Gasteiger charge is 2.23. The van der Waals surface area contributed by atoms with E-state index in [0.29, 0.717) is 18.8 Å². The van der Waals surface area contributed by atoms with Crippen LogP contribution in [-0.2, 0) is 16.0 Å². The minimum absolute atomic E-state index is 0.0227. The van der Waals surface area contributed by atoms with Gasteiger partial charge in [0.1, 0.15) is 5.69 Å². The maximum absolute atomic E-state index is 12.0. The minimum Gasteiger partial charge on any atom is -0.461 e. The van der Waals surface area contributed by atoms with Crippen LogP contribution >= 0.6 is 11.3 Å². The minimum atomic E-state index is -0.452. The Kier molecular flexibility index (Phi) is 4.86. The van der Waals surface area contributed by atoms with Gasteiger partial charge >= 0.3 is 5.97 Å². The Morgan fingerprint density at radius 1 is 1.55 bits per heavy atom. The molecule has 0 aliphatic rings. The van der Waals surface area contributed by atoms with Gasteiger partial charge in [-0.25, -0.2) is 9.48 Å². The van der Waals surface area contributed by atoms with E-state index in [1.807, 2.05) is 24.4 Å². The lowest BCUT2D eigenvalue weighted by atomic mass is 10.2. The first kappa shape index (κ1) is 14.7. The summed E-state index contributed by atoms with van der Waals surface area (Å²) in [5.41, 5.74) is 0.931. The molecule has 0 aliphatic heterocycles. The Morgan fingerprint density at radius 3 is 2.95 bits per heavy atom. The highest BCUT2D eigenvalue weighted by molar-refractivity contribution is 7.13. The first-order valence-corrected chi connectivity index (χ1v) is 7.22. The third-order valence-electron chi connectivity index (χ3n) is 2.79. The van der Waals surface area contributed by atoms with Gasteiger partial charge in [0.2, 0.25) is 0 Å². The van der Waals surface area contributed by atoms with Gasteiger partial charge in [0.05, 0.1) is 24.1 Å². The number of ether oxygens (including phenoxy) is 2. The van der Waals surface area contributed by atoms with E-state index in [9.17, 15) is 4.79 Å². The normalized spacial score (nSPS) is 12.3. The third kappa shape index (κ3) is 3.05. The van der Waals surface area contributed by atoms with Crippen molar-refractivity contribution in [3.05, 3.63) is 23.2 Å². The molecule has 0 amide bonds. The summed E-state index contributed by atoms with van der Waals surface area (Å²) < 4.78 is 12.0. The number of hydrogen-bond acceptors (Lipinski definition) is 6. The Bertz CT molecular complexity index is 565. The monoisotopic (exact) mass is 295 g/mol. The molecule has 0 aromatic carbocycles. The number of thiophene rings is 1. The maximum Gasteiger partial charge on any atom is 0.361 e. The van der Waals surface area contributed by atoms with Crippen LogP contribution in [0.4, 0.5) is 0 Å². The molecule has 2 heterocycles. The Hall–Kier alpha value is -1.73. The van der Waals surface area contributed by atoms with Crippen LogP contribution in [0.3, 0.4) is 0 Å².